The van der Waals surface area contributed by atoms with Crippen molar-refractivity contribution in [3.63, 3.8) is 0 Å². The molecule has 5 heteroatoms. The number of esters is 1. The molecule has 0 spiro atoms. The highest BCUT2D eigenvalue weighted by atomic mass is 28.4. The highest BCUT2D eigenvalue weighted by Gasteiger charge is 2.70. The average molecular weight is 675 g/mol. The van der Waals surface area contributed by atoms with Gasteiger partial charge in [0.1, 0.15) is 12.7 Å². The minimum Gasteiger partial charge on any atom is -0.460 e. The van der Waals surface area contributed by atoms with E-state index in [-0.39, 0.29) is 44.7 Å². The number of fused-ring (bicyclic) bond motifs is 7. The summed E-state index contributed by atoms with van der Waals surface area (Å²) in [7, 11) is -2.15. The van der Waals surface area contributed by atoms with Crippen molar-refractivity contribution in [3.8, 4) is 0 Å². The molecule has 0 unspecified atom stereocenters. The number of carbonyl (C=O) groups is 2. The van der Waals surface area contributed by atoms with E-state index in [1.807, 2.05) is 30.3 Å². The first kappa shape index (κ1) is 36.1. The van der Waals surface area contributed by atoms with Crippen LogP contribution < -0.4 is 0 Å². The second kappa shape index (κ2) is 11.4. The van der Waals surface area contributed by atoms with E-state index in [1.165, 1.54) is 0 Å². The van der Waals surface area contributed by atoms with Crippen LogP contribution in [0.25, 0.3) is 0 Å². The Balaban J connectivity index is 1.37. The molecule has 0 saturated heterocycles. The van der Waals surface area contributed by atoms with Gasteiger partial charge in [-0.3, -0.25) is 9.59 Å². The molecule has 4 nitrogen and oxygen atoms in total. The van der Waals surface area contributed by atoms with Gasteiger partial charge in [0.2, 0.25) is 0 Å². The standard InChI is InChI=1S/C43H66O4Si/c1-37(2,3)48(11,12)47-32-27-40(8)33(39(6,7)35(32)44)20-21-42(10)34(40)19-18-30-31-26-38(4,5)22-24-43(31,25-23-41(30,42)9)36(45)46-28-29-16-14-13-15-17-29/h13-18,31-34H,19-28H2,1-12H3/t31-,32-,33-,34+,40-,41+,42+,43-/m0/s1. The highest BCUT2D eigenvalue weighted by Crippen LogP contribution is 2.75. The fraction of sp³-hybridized carbons (Fsp3) is 0.767. The molecule has 5 aliphatic rings. The Hall–Kier alpha value is -1.72. The van der Waals surface area contributed by atoms with E-state index in [2.05, 4.69) is 88.4 Å². The highest BCUT2D eigenvalue weighted by molar-refractivity contribution is 6.74. The third kappa shape index (κ3) is 5.28. The van der Waals surface area contributed by atoms with E-state index >= 15 is 0 Å². The topological polar surface area (TPSA) is 52.6 Å². The second-order valence-corrected chi connectivity index (χ2v) is 25.3. The van der Waals surface area contributed by atoms with Gasteiger partial charge < -0.3 is 9.16 Å². The maximum atomic E-state index is 14.3. The number of ether oxygens (including phenoxy) is 1. The van der Waals surface area contributed by atoms with Crippen molar-refractivity contribution >= 4 is 20.1 Å². The van der Waals surface area contributed by atoms with Crippen molar-refractivity contribution < 1.29 is 18.8 Å². The molecule has 1 aromatic rings. The Morgan fingerprint density at radius 1 is 0.875 bits per heavy atom. The molecule has 5 aliphatic carbocycles. The summed E-state index contributed by atoms with van der Waals surface area (Å²) in [5.74, 6) is 1.38. The summed E-state index contributed by atoms with van der Waals surface area (Å²) >= 11 is 0. The maximum Gasteiger partial charge on any atom is 0.313 e. The number of benzene rings is 1. The van der Waals surface area contributed by atoms with Crippen LogP contribution in [-0.4, -0.2) is 26.2 Å². The molecule has 266 valence electrons. The Bertz CT molecular complexity index is 1470. The Kier molecular flexibility index (Phi) is 8.56. The molecule has 0 heterocycles. The summed E-state index contributed by atoms with van der Waals surface area (Å²) in [5.41, 5.74) is 2.03. The quantitative estimate of drug-likeness (QED) is 0.177. The van der Waals surface area contributed by atoms with Gasteiger partial charge in [-0.05, 0) is 121 Å². The molecule has 0 aliphatic heterocycles. The van der Waals surface area contributed by atoms with Crippen molar-refractivity contribution in [1.29, 1.82) is 0 Å². The van der Waals surface area contributed by atoms with Crippen LogP contribution in [0.15, 0.2) is 42.0 Å². The molecule has 0 N–H and O–H groups in total. The zero-order valence-corrected chi connectivity index (χ0v) is 33.5. The Morgan fingerprint density at radius 3 is 2.17 bits per heavy atom. The van der Waals surface area contributed by atoms with Crippen molar-refractivity contribution in [3.05, 3.63) is 47.5 Å². The largest absolute Gasteiger partial charge is 0.460 e. The molecule has 0 radical (unpaired) electrons. The predicted octanol–water partition coefficient (Wildman–Crippen LogP) is 11.1. The third-order valence-electron chi connectivity index (χ3n) is 16.2. The van der Waals surface area contributed by atoms with Gasteiger partial charge in [0.25, 0.3) is 0 Å². The van der Waals surface area contributed by atoms with Gasteiger partial charge in [0, 0.05) is 5.41 Å². The molecule has 1 aromatic carbocycles. The normalized spacial score (nSPS) is 40.4. The van der Waals surface area contributed by atoms with Crippen LogP contribution in [-0.2, 0) is 25.4 Å². The van der Waals surface area contributed by atoms with Crippen LogP contribution in [0.2, 0.25) is 18.1 Å². The molecule has 6 rings (SSSR count). The average Bonchev–Trinajstić information content (AvgIpc) is 2.98. The molecular formula is C43H66O4Si. The van der Waals surface area contributed by atoms with Gasteiger partial charge in [0.05, 0.1) is 5.41 Å². The summed E-state index contributed by atoms with van der Waals surface area (Å²) < 4.78 is 13.3. The molecule has 8 atom stereocenters. The third-order valence-corrected chi connectivity index (χ3v) is 20.7. The van der Waals surface area contributed by atoms with Crippen molar-refractivity contribution in [2.75, 3.05) is 0 Å². The van der Waals surface area contributed by atoms with Crippen LogP contribution >= 0.6 is 0 Å². The molecule has 0 aromatic heterocycles. The summed E-state index contributed by atoms with van der Waals surface area (Å²) in [4.78, 5) is 28.6. The lowest BCUT2D eigenvalue weighted by molar-refractivity contribution is -0.200. The van der Waals surface area contributed by atoms with Crippen LogP contribution in [0.4, 0.5) is 0 Å². The molecule has 48 heavy (non-hydrogen) atoms. The predicted molar refractivity (Wildman–Crippen MR) is 198 cm³/mol. The minimum absolute atomic E-state index is 0.00251. The first-order valence-electron chi connectivity index (χ1n) is 19.2. The van der Waals surface area contributed by atoms with E-state index < -0.39 is 19.1 Å². The van der Waals surface area contributed by atoms with Gasteiger partial charge in [0.15, 0.2) is 14.1 Å². The first-order chi connectivity index (χ1) is 22.0. The fourth-order valence-corrected chi connectivity index (χ4v) is 13.3. The minimum atomic E-state index is -2.15. The van der Waals surface area contributed by atoms with E-state index in [9.17, 15) is 9.59 Å². The van der Waals surface area contributed by atoms with Gasteiger partial charge in [-0.1, -0.05) is 111 Å². The number of allylic oxidation sites excluding steroid dienone is 2. The van der Waals surface area contributed by atoms with E-state index in [0.717, 1.165) is 63.4 Å². The molecular weight excluding hydrogens is 609 g/mol. The lowest BCUT2D eigenvalue weighted by Crippen LogP contribution is -2.67. The summed E-state index contributed by atoms with van der Waals surface area (Å²) in [6.45, 7) is 28.8. The smallest absolute Gasteiger partial charge is 0.313 e. The number of hydrogen-bond acceptors (Lipinski definition) is 4. The fourth-order valence-electron chi connectivity index (χ4n) is 12.0. The molecule has 4 fully saturated rings. The number of hydrogen-bond donors (Lipinski definition) is 0. The summed E-state index contributed by atoms with van der Waals surface area (Å²) in [5, 5.41) is 0.0524. The van der Waals surface area contributed by atoms with Crippen LogP contribution in [0.1, 0.15) is 133 Å². The Labute approximate surface area is 293 Å². The summed E-state index contributed by atoms with van der Waals surface area (Å²) in [6.07, 6.45) is 11.3. The van der Waals surface area contributed by atoms with Crippen LogP contribution in [0, 0.1) is 50.2 Å². The zero-order valence-electron chi connectivity index (χ0n) is 32.5. The van der Waals surface area contributed by atoms with Crippen LogP contribution in [0.3, 0.4) is 0 Å². The molecule has 0 amide bonds. The Morgan fingerprint density at radius 2 is 1.52 bits per heavy atom. The number of Topliss-reactive ketones (excluding diaryl/α,β-unsaturated/α-hetero) is 1. The zero-order chi connectivity index (χ0) is 35.3. The maximum absolute atomic E-state index is 14.3. The van der Waals surface area contributed by atoms with E-state index in [4.69, 9.17) is 9.16 Å². The lowest BCUT2D eigenvalue weighted by atomic mass is 9.33. The van der Waals surface area contributed by atoms with Crippen molar-refractivity contribution in [1.82, 2.24) is 0 Å². The van der Waals surface area contributed by atoms with Crippen molar-refractivity contribution in [2.45, 2.75) is 158 Å². The van der Waals surface area contributed by atoms with E-state index in [0.29, 0.717) is 24.2 Å². The number of ketones is 1. The monoisotopic (exact) mass is 674 g/mol. The SMILES string of the molecule is CC1(C)CC[C@]2(C(=O)OCc3ccccc3)CC[C@]3(C)C(=CC[C@@H]4[C@@]5(C)C[C@H](O[Si](C)(C)C(C)(C)C)C(=O)C(C)(C)[C@@H]5CC[C@]43C)[C@@H]2C1. The number of rotatable bonds is 5. The van der Waals surface area contributed by atoms with Crippen LogP contribution in [0.5, 0.6) is 0 Å². The molecule has 4 saturated carbocycles. The molecule has 0 bridgehead atoms. The lowest BCUT2D eigenvalue weighted by Gasteiger charge is -2.71. The first-order valence-corrected chi connectivity index (χ1v) is 22.1. The van der Waals surface area contributed by atoms with Crippen molar-refractivity contribution in [2.24, 2.45) is 50.2 Å². The van der Waals surface area contributed by atoms with Gasteiger partial charge in [-0.2, -0.15) is 0 Å². The van der Waals surface area contributed by atoms with E-state index in [1.54, 1.807) is 5.57 Å². The number of carbonyl (C=O) groups excluding carboxylic acids is 2. The van der Waals surface area contributed by atoms with Gasteiger partial charge >= 0.3 is 5.97 Å². The second-order valence-electron chi connectivity index (χ2n) is 20.6. The van der Waals surface area contributed by atoms with Gasteiger partial charge in [-0.25, -0.2) is 0 Å². The summed E-state index contributed by atoms with van der Waals surface area (Å²) in [6, 6.07) is 10.1. The van der Waals surface area contributed by atoms with Gasteiger partial charge in [-0.15, -0.1) is 0 Å².